The van der Waals surface area contributed by atoms with Crippen LogP contribution < -0.4 is 4.74 Å². The van der Waals surface area contributed by atoms with Gasteiger partial charge in [0.25, 0.3) is 0 Å². The second-order valence-corrected chi connectivity index (χ2v) is 2.99. The molecule has 0 aromatic heterocycles. The van der Waals surface area contributed by atoms with Crippen LogP contribution in [0.2, 0.25) is 0 Å². The molecule has 1 heterocycles. The van der Waals surface area contributed by atoms with Gasteiger partial charge in [-0.25, -0.2) is 4.79 Å². The molecule has 1 aromatic rings. The van der Waals surface area contributed by atoms with Gasteiger partial charge in [-0.15, -0.1) is 0 Å². The molecular weight excluding hydrogens is 180 g/mol. The standard InChI is InChI=1S/C11H10O3/c1-13-9-4-2-8(3-5-9)10-6-7-11(12)14-10/h2-7,10H,1H3/t10-/m0/s1. The average molecular weight is 190 g/mol. The Morgan fingerprint density at radius 1 is 1.29 bits per heavy atom. The highest BCUT2D eigenvalue weighted by molar-refractivity contribution is 5.84. The van der Waals surface area contributed by atoms with Crippen LogP contribution in [0.25, 0.3) is 0 Å². The van der Waals surface area contributed by atoms with Crippen molar-refractivity contribution in [3.8, 4) is 5.75 Å². The van der Waals surface area contributed by atoms with Crippen molar-refractivity contribution in [2.75, 3.05) is 7.11 Å². The number of methoxy groups -OCH3 is 1. The quantitative estimate of drug-likeness (QED) is 0.667. The monoisotopic (exact) mass is 190 g/mol. The number of hydrogen-bond donors (Lipinski definition) is 0. The van der Waals surface area contributed by atoms with Gasteiger partial charge in [0.2, 0.25) is 0 Å². The molecule has 72 valence electrons. The van der Waals surface area contributed by atoms with Gasteiger partial charge in [-0.3, -0.25) is 0 Å². The summed E-state index contributed by atoms with van der Waals surface area (Å²) in [6.07, 6.45) is 2.94. The minimum Gasteiger partial charge on any atom is -0.497 e. The zero-order valence-electron chi connectivity index (χ0n) is 7.77. The Bertz CT molecular complexity index is 365. The molecule has 0 radical (unpaired) electrons. The number of esters is 1. The summed E-state index contributed by atoms with van der Waals surface area (Å²) < 4.78 is 10.1. The summed E-state index contributed by atoms with van der Waals surface area (Å²) in [7, 11) is 1.62. The number of rotatable bonds is 2. The third-order valence-electron chi connectivity index (χ3n) is 2.09. The van der Waals surface area contributed by atoms with Gasteiger partial charge in [0.15, 0.2) is 0 Å². The summed E-state index contributed by atoms with van der Waals surface area (Å²) in [4.78, 5) is 10.8. The molecule has 3 nitrogen and oxygen atoms in total. The Morgan fingerprint density at radius 2 is 2.00 bits per heavy atom. The first kappa shape index (κ1) is 8.81. The van der Waals surface area contributed by atoms with E-state index in [4.69, 9.17) is 9.47 Å². The van der Waals surface area contributed by atoms with Gasteiger partial charge in [0.05, 0.1) is 7.11 Å². The van der Waals surface area contributed by atoms with Crippen molar-refractivity contribution < 1.29 is 14.3 Å². The van der Waals surface area contributed by atoms with E-state index >= 15 is 0 Å². The van der Waals surface area contributed by atoms with E-state index in [9.17, 15) is 4.79 Å². The van der Waals surface area contributed by atoms with E-state index in [1.807, 2.05) is 24.3 Å². The maximum absolute atomic E-state index is 10.8. The van der Waals surface area contributed by atoms with E-state index in [0.29, 0.717) is 0 Å². The summed E-state index contributed by atoms with van der Waals surface area (Å²) >= 11 is 0. The molecular formula is C11H10O3. The van der Waals surface area contributed by atoms with Crippen LogP contribution in [0, 0.1) is 0 Å². The predicted molar refractivity (Wildman–Crippen MR) is 51.0 cm³/mol. The van der Waals surface area contributed by atoms with E-state index in [1.165, 1.54) is 6.08 Å². The predicted octanol–water partition coefficient (Wildman–Crippen LogP) is 1.85. The maximum Gasteiger partial charge on any atom is 0.331 e. The number of benzene rings is 1. The molecule has 0 fully saturated rings. The fourth-order valence-corrected chi connectivity index (χ4v) is 1.34. The zero-order valence-corrected chi connectivity index (χ0v) is 7.77. The number of carbonyl (C=O) groups excluding carboxylic acids is 1. The second kappa shape index (κ2) is 3.54. The minimum atomic E-state index is -0.286. The van der Waals surface area contributed by atoms with Crippen LogP contribution in [0.1, 0.15) is 11.7 Å². The minimum absolute atomic E-state index is 0.242. The Labute approximate surface area is 81.9 Å². The summed E-state index contributed by atoms with van der Waals surface area (Å²) in [6, 6.07) is 7.45. The highest BCUT2D eigenvalue weighted by atomic mass is 16.5. The molecule has 1 aromatic carbocycles. The van der Waals surface area contributed by atoms with Crippen LogP contribution in [-0.2, 0) is 9.53 Å². The molecule has 1 atom stereocenters. The molecule has 0 saturated heterocycles. The van der Waals surface area contributed by atoms with Crippen LogP contribution in [0.5, 0.6) is 5.75 Å². The molecule has 14 heavy (non-hydrogen) atoms. The number of hydrogen-bond acceptors (Lipinski definition) is 3. The Morgan fingerprint density at radius 3 is 2.50 bits per heavy atom. The van der Waals surface area contributed by atoms with Crippen molar-refractivity contribution in [3.63, 3.8) is 0 Å². The van der Waals surface area contributed by atoms with Gasteiger partial charge >= 0.3 is 5.97 Å². The van der Waals surface area contributed by atoms with Crippen molar-refractivity contribution in [2.24, 2.45) is 0 Å². The topological polar surface area (TPSA) is 35.5 Å². The van der Waals surface area contributed by atoms with Crippen LogP contribution in [0.4, 0.5) is 0 Å². The van der Waals surface area contributed by atoms with Crippen molar-refractivity contribution >= 4 is 5.97 Å². The number of cyclic esters (lactones) is 1. The van der Waals surface area contributed by atoms with Gasteiger partial charge in [0.1, 0.15) is 11.9 Å². The number of ether oxygens (including phenoxy) is 2. The third-order valence-corrected chi connectivity index (χ3v) is 2.09. The lowest BCUT2D eigenvalue weighted by Gasteiger charge is -2.08. The lowest BCUT2D eigenvalue weighted by Crippen LogP contribution is -1.99. The fourth-order valence-electron chi connectivity index (χ4n) is 1.34. The molecule has 0 spiro atoms. The summed E-state index contributed by atoms with van der Waals surface area (Å²) in [5.41, 5.74) is 0.952. The summed E-state index contributed by atoms with van der Waals surface area (Å²) in [5.74, 6) is 0.507. The second-order valence-electron chi connectivity index (χ2n) is 2.99. The molecule has 0 aliphatic carbocycles. The first-order valence-corrected chi connectivity index (χ1v) is 4.32. The normalized spacial score (nSPS) is 19.5. The largest absolute Gasteiger partial charge is 0.497 e. The van der Waals surface area contributed by atoms with Crippen LogP contribution >= 0.6 is 0 Å². The molecule has 0 unspecified atom stereocenters. The van der Waals surface area contributed by atoms with E-state index in [1.54, 1.807) is 13.2 Å². The number of carbonyl (C=O) groups is 1. The zero-order chi connectivity index (χ0) is 9.97. The highest BCUT2D eigenvalue weighted by Crippen LogP contribution is 2.25. The molecule has 0 bridgehead atoms. The lowest BCUT2D eigenvalue weighted by atomic mass is 10.1. The third kappa shape index (κ3) is 1.62. The van der Waals surface area contributed by atoms with Crippen LogP contribution in [-0.4, -0.2) is 13.1 Å². The first-order chi connectivity index (χ1) is 6.79. The Kier molecular flexibility index (Phi) is 2.23. The highest BCUT2D eigenvalue weighted by Gasteiger charge is 2.17. The van der Waals surface area contributed by atoms with Gasteiger partial charge in [-0.2, -0.15) is 0 Å². The summed E-state index contributed by atoms with van der Waals surface area (Å²) in [5, 5.41) is 0. The van der Waals surface area contributed by atoms with Crippen LogP contribution in [0.15, 0.2) is 36.4 Å². The van der Waals surface area contributed by atoms with Gasteiger partial charge in [-0.1, -0.05) is 12.1 Å². The molecule has 2 rings (SSSR count). The van der Waals surface area contributed by atoms with Crippen molar-refractivity contribution in [2.45, 2.75) is 6.10 Å². The first-order valence-electron chi connectivity index (χ1n) is 4.32. The average Bonchev–Trinajstić information content (AvgIpc) is 2.65. The molecule has 0 N–H and O–H groups in total. The van der Waals surface area contributed by atoms with Gasteiger partial charge < -0.3 is 9.47 Å². The van der Waals surface area contributed by atoms with Gasteiger partial charge in [-0.05, 0) is 23.8 Å². The molecule has 0 saturated carbocycles. The van der Waals surface area contributed by atoms with E-state index in [0.717, 1.165) is 11.3 Å². The maximum atomic E-state index is 10.8. The smallest absolute Gasteiger partial charge is 0.331 e. The van der Waals surface area contributed by atoms with E-state index in [-0.39, 0.29) is 12.1 Å². The Hall–Kier alpha value is -1.77. The van der Waals surface area contributed by atoms with Crippen LogP contribution in [0.3, 0.4) is 0 Å². The lowest BCUT2D eigenvalue weighted by molar-refractivity contribution is -0.138. The summed E-state index contributed by atoms with van der Waals surface area (Å²) in [6.45, 7) is 0. The van der Waals surface area contributed by atoms with Crippen molar-refractivity contribution in [3.05, 3.63) is 42.0 Å². The fraction of sp³-hybridized carbons (Fsp3) is 0.182. The Balaban J connectivity index is 2.17. The van der Waals surface area contributed by atoms with E-state index < -0.39 is 0 Å². The van der Waals surface area contributed by atoms with Crippen molar-refractivity contribution in [1.29, 1.82) is 0 Å². The van der Waals surface area contributed by atoms with Gasteiger partial charge in [0, 0.05) is 6.08 Å². The molecule has 1 aliphatic rings. The molecule has 0 amide bonds. The molecule has 3 heteroatoms. The molecule has 1 aliphatic heterocycles. The SMILES string of the molecule is COc1ccc([C@@H]2C=CC(=O)O2)cc1. The van der Waals surface area contributed by atoms with Crippen molar-refractivity contribution in [1.82, 2.24) is 0 Å². The van der Waals surface area contributed by atoms with E-state index in [2.05, 4.69) is 0 Å².